The van der Waals surface area contributed by atoms with Crippen molar-refractivity contribution in [2.24, 2.45) is 17.3 Å². The molecule has 1 aromatic carbocycles. The van der Waals surface area contributed by atoms with E-state index >= 15 is 0 Å². The Labute approximate surface area is 112 Å². The van der Waals surface area contributed by atoms with Gasteiger partial charge in [0.1, 0.15) is 0 Å². The molecule has 4 heteroatoms. The Morgan fingerprint density at radius 3 is 2.42 bits per heavy atom. The van der Waals surface area contributed by atoms with Crippen LogP contribution in [-0.4, -0.2) is 17.0 Å². The molecule has 1 aromatic rings. The number of carboxylic acids is 1. The first kappa shape index (κ1) is 13.6. The third-order valence-corrected chi connectivity index (χ3v) is 4.03. The van der Waals surface area contributed by atoms with E-state index in [0.717, 1.165) is 17.7 Å². The van der Waals surface area contributed by atoms with Gasteiger partial charge in [0.05, 0.1) is 11.8 Å². The topological polar surface area (TPSA) is 66.4 Å². The summed E-state index contributed by atoms with van der Waals surface area (Å²) < 4.78 is 0. The molecule has 2 atom stereocenters. The van der Waals surface area contributed by atoms with Crippen LogP contribution in [0.1, 0.15) is 26.3 Å². The van der Waals surface area contributed by atoms with Crippen LogP contribution in [0.25, 0.3) is 0 Å². The van der Waals surface area contributed by atoms with E-state index in [1.807, 2.05) is 45.0 Å². The highest BCUT2D eigenvalue weighted by Crippen LogP contribution is 2.58. The molecule has 4 nitrogen and oxygen atoms in total. The van der Waals surface area contributed by atoms with Crippen LogP contribution in [0.2, 0.25) is 0 Å². The van der Waals surface area contributed by atoms with Crippen LogP contribution in [0.15, 0.2) is 24.3 Å². The van der Waals surface area contributed by atoms with E-state index in [9.17, 15) is 9.59 Å². The summed E-state index contributed by atoms with van der Waals surface area (Å²) in [5, 5.41) is 12.0. The zero-order valence-electron chi connectivity index (χ0n) is 11.4. The molecule has 2 N–H and O–H groups in total. The predicted octanol–water partition coefficient (Wildman–Crippen LogP) is 2.54. The monoisotopic (exact) mass is 261 g/mol. The fourth-order valence-corrected chi connectivity index (χ4v) is 2.75. The van der Waals surface area contributed by atoms with Gasteiger partial charge in [-0.1, -0.05) is 39.0 Å². The third-order valence-electron chi connectivity index (χ3n) is 4.03. The highest BCUT2D eigenvalue weighted by Gasteiger charge is 2.65. The molecule has 1 aliphatic carbocycles. The molecule has 1 amide bonds. The summed E-state index contributed by atoms with van der Waals surface area (Å²) >= 11 is 0. The number of aliphatic carboxylic acids is 1. The van der Waals surface area contributed by atoms with Crippen LogP contribution in [0.3, 0.4) is 0 Å². The molecule has 102 valence electrons. The van der Waals surface area contributed by atoms with Gasteiger partial charge in [-0.15, -0.1) is 0 Å². The SMILES string of the molecule is CCc1ccccc1NC(=O)C1C(C(=O)O)C1(C)C. The maximum absolute atomic E-state index is 12.2. The number of carbonyl (C=O) groups excluding carboxylic acids is 1. The maximum Gasteiger partial charge on any atom is 0.307 e. The van der Waals surface area contributed by atoms with E-state index in [2.05, 4.69) is 5.32 Å². The van der Waals surface area contributed by atoms with Crippen LogP contribution in [-0.2, 0) is 16.0 Å². The summed E-state index contributed by atoms with van der Waals surface area (Å²) in [7, 11) is 0. The smallest absolute Gasteiger partial charge is 0.307 e. The summed E-state index contributed by atoms with van der Waals surface area (Å²) in [6.45, 7) is 5.66. The predicted molar refractivity (Wildman–Crippen MR) is 72.8 cm³/mol. The Balaban J connectivity index is 2.13. The first-order valence-electron chi connectivity index (χ1n) is 6.51. The van der Waals surface area contributed by atoms with Gasteiger partial charge in [0.15, 0.2) is 0 Å². The Morgan fingerprint density at radius 2 is 1.89 bits per heavy atom. The van der Waals surface area contributed by atoms with E-state index < -0.39 is 23.2 Å². The van der Waals surface area contributed by atoms with E-state index in [0.29, 0.717) is 0 Å². The molecule has 0 spiro atoms. The zero-order valence-corrected chi connectivity index (χ0v) is 11.4. The van der Waals surface area contributed by atoms with Crippen molar-refractivity contribution in [1.82, 2.24) is 0 Å². The lowest BCUT2D eigenvalue weighted by molar-refractivity contribution is -0.140. The fraction of sp³-hybridized carbons (Fsp3) is 0.467. The molecule has 1 aliphatic rings. The number of rotatable bonds is 4. The molecule has 0 aromatic heterocycles. The minimum atomic E-state index is -0.895. The van der Waals surface area contributed by atoms with Gasteiger partial charge in [-0.05, 0) is 23.5 Å². The van der Waals surface area contributed by atoms with Crippen LogP contribution in [0.5, 0.6) is 0 Å². The third kappa shape index (κ3) is 2.35. The van der Waals surface area contributed by atoms with Gasteiger partial charge in [-0.3, -0.25) is 9.59 Å². The second kappa shape index (κ2) is 4.68. The fourth-order valence-electron chi connectivity index (χ4n) is 2.75. The number of nitrogens with one attached hydrogen (secondary N) is 1. The van der Waals surface area contributed by atoms with Gasteiger partial charge in [0, 0.05) is 5.69 Å². The average molecular weight is 261 g/mol. The summed E-state index contributed by atoms with van der Waals surface area (Å²) in [6, 6.07) is 7.60. The number of benzene rings is 1. The molecular formula is C15H19NO3. The molecule has 0 radical (unpaired) electrons. The van der Waals surface area contributed by atoms with E-state index in [1.54, 1.807) is 0 Å². The van der Waals surface area contributed by atoms with Gasteiger partial charge < -0.3 is 10.4 Å². The number of hydrogen-bond donors (Lipinski definition) is 2. The average Bonchev–Trinajstić information content (AvgIpc) is 2.93. The standard InChI is InChI=1S/C15H19NO3/c1-4-9-7-5-6-8-10(9)16-13(17)11-12(14(18)19)15(11,2)3/h5-8,11-12H,4H2,1-3H3,(H,16,17)(H,18,19). The molecule has 0 bridgehead atoms. The molecular weight excluding hydrogens is 242 g/mol. The van der Waals surface area contributed by atoms with Crippen molar-refractivity contribution in [3.8, 4) is 0 Å². The molecule has 2 rings (SSSR count). The van der Waals surface area contributed by atoms with Crippen LogP contribution in [0, 0.1) is 17.3 Å². The van der Waals surface area contributed by atoms with Gasteiger partial charge in [0.25, 0.3) is 0 Å². The number of amides is 1. The molecule has 2 unspecified atom stereocenters. The van der Waals surface area contributed by atoms with E-state index in [4.69, 9.17) is 5.11 Å². The lowest BCUT2D eigenvalue weighted by atomic mass is 10.1. The highest BCUT2D eigenvalue weighted by atomic mass is 16.4. The molecule has 1 fully saturated rings. The number of anilines is 1. The van der Waals surface area contributed by atoms with Gasteiger partial charge in [-0.2, -0.15) is 0 Å². The minimum absolute atomic E-state index is 0.196. The Hall–Kier alpha value is -1.84. The van der Waals surface area contributed by atoms with Crippen molar-refractivity contribution in [2.75, 3.05) is 5.32 Å². The number of carbonyl (C=O) groups is 2. The molecule has 0 heterocycles. The normalized spacial score (nSPS) is 23.7. The number of aryl methyl sites for hydroxylation is 1. The lowest BCUT2D eigenvalue weighted by Crippen LogP contribution is -2.18. The largest absolute Gasteiger partial charge is 0.481 e. The number of carboxylic acid groups (broad SMARTS) is 1. The highest BCUT2D eigenvalue weighted by molar-refractivity contribution is 6.00. The summed E-state index contributed by atoms with van der Waals surface area (Å²) in [5.74, 6) is -2.12. The number of para-hydroxylation sites is 1. The van der Waals surface area contributed by atoms with Crippen molar-refractivity contribution in [3.05, 3.63) is 29.8 Å². The molecule has 0 aliphatic heterocycles. The van der Waals surface area contributed by atoms with Crippen LogP contribution < -0.4 is 5.32 Å². The van der Waals surface area contributed by atoms with Gasteiger partial charge in [0.2, 0.25) is 5.91 Å². The number of hydrogen-bond acceptors (Lipinski definition) is 2. The maximum atomic E-state index is 12.2. The summed E-state index contributed by atoms with van der Waals surface area (Å²) in [6.07, 6.45) is 0.826. The van der Waals surface area contributed by atoms with Gasteiger partial charge >= 0.3 is 5.97 Å². The zero-order chi connectivity index (χ0) is 14.2. The quantitative estimate of drug-likeness (QED) is 0.875. The second-order valence-electron chi connectivity index (χ2n) is 5.61. The lowest BCUT2D eigenvalue weighted by Gasteiger charge is -2.10. The van der Waals surface area contributed by atoms with Crippen molar-refractivity contribution in [1.29, 1.82) is 0 Å². The summed E-state index contributed by atoms with van der Waals surface area (Å²) in [5.41, 5.74) is 1.37. The molecule has 0 saturated heterocycles. The van der Waals surface area contributed by atoms with E-state index in [1.165, 1.54) is 0 Å². The first-order valence-corrected chi connectivity index (χ1v) is 6.51. The van der Waals surface area contributed by atoms with Crippen molar-refractivity contribution < 1.29 is 14.7 Å². The summed E-state index contributed by atoms with van der Waals surface area (Å²) in [4.78, 5) is 23.3. The van der Waals surface area contributed by atoms with Gasteiger partial charge in [-0.25, -0.2) is 0 Å². The van der Waals surface area contributed by atoms with Crippen molar-refractivity contribution in [3.63, 3.8) is 0 Å². The van der Waals surface area contributed by atoms with Crippen LogP contribution >= 0.6 is 0 Å². The van der Waals surface area contributed by atoms with Crippen LogP contribution in [0.4, 0.5) is 5.69 Å². The molecule has 19 heavy (non-hydrogen) atoms. The second-order valence-corrected chi connectivity index (χ2v) is 5.61. The Bertz CT molecular complexity index is 522. The first-order chi connectivity index (χ1) is 8.89. The Kier molecular flexibility index (Phi) is 3.35. The van der Waals surface area contributed by atoms with E-state index in [-0.39, 0.29) is 5.91 Å². The molecule has 1 saturated carbocycles. The van der Waals surface area contributed by atoms with Crippen molar-refractivity contribution in [2.45, 2.75) is 27.2 Å². The minimum Gasteiger partial charge on any atom is -0.481 e. The Morgan fingerprint density at radius 1 is 1.26 bits per heavy atom. The van der Waals surface area contributed by atoms with Crippen molar-refractivity contribution >= 4 is 17.6 Å².